The van der Waals surface area contributed by atoms with E-state index in [1.807, 2.05) is 0 Å². The summed E-state index contributed by atoms with van der Waals surface area (Å²) < 4.78 is 0. The fraction of sp³-hybridized carbons (Fsp3) is 0.500. The van der Waals surface area contributed by atoms with Gasteiger partial charge in [0.15, 0.2) is 0 Å². The van der Waals surface area contributed by atoms with Gasteiger partial charge in [0.2, 0.25) is 5.96 Å². The summed E-state index contributed by atoms with van der Waals surface area (Å²) >= 11 is 1.77. The molecule has 0 fully saturated rings. The number of thiophene rings is 1. The van der Waals surface area contributed by atoms with E-state index in [9.17, 15) is 0 Å². The van der Waals surface area contributed by atoms with E-state index in [0.717, 1.165) is 6.54 Å². The summed E-state index contributed by atoms with van der Waals surface area (Å²) in [4.78, 5) is 5.31. The largest absolute Gasteiger partial charge is 0.354 e. The lowest BCUT2D eigenvalue weighted by Gasteiger charge is -2.24. The van der Waals surface area contributed by atoms with Crippen LogP contribution >= 0.6 is 11.3 Å². The van der Waals surface area contributed by atoms with E-state index in [0.29, 0.717) is 5.96 Å². The monoisotopic (exact) mass is 226 g/mol. The van der Waals surface area contributed by atoms with Crippen molar-refractivity contribution in [2.75, 3.05) is 13.6 Å². The summed E-state index contributed by atoms with van der Waals surface area (Å²) in [6.45, 7) is 5.18. The Labute approximate surface area is 94.6 Å². The number of hydrazine groups is 1. The maximum atomic E-state index is 5.29. The van der Waals surface area contributed by atoms with Crippen molar-refractivity contribution in [3.8, 4) is 0 Å². The molecular formula is C10H18N4S. The van der Waals surface area contributed by atoms with E-state index in [1.165, 1.54) is 4.88 Å². The standard InChI is InChI=1S/C10H18N4S/c1-10(2,8-5-4-6-15-8)7-13-9(12-3)14-11/h4-6H,7,11H2,1-3H3,(H2,12,13,14). The number of nitrogens with two attached hydrogens (primary N) is 1. The number of aliphatic imine (C=N–C) groups is 1. The third kappa shape index (κ3) is 3.21. The predicted octanol–water partition coefficient (Wildman–Crippen LogP) is 1.06. The highest BCUT2D eigenvalue weighted by atomic mass is 32.1. The number of nitrogens with one attached hydrogen (secondary N) is 2. The molecule has 1 aromatic heterocycles. The second-order valence-corrected chi connectivity index (χ2v) is 4.88. The fourth-order valence-electron chi connectivity index (χ4n) is 1.25. The summed E-state index contributed by atoms with van der Waals surface area (Å²) in [6, 6.07) is 4.21. The zero-order valence-corrected chi connectivity index (χ0v) is 10.2. The molecule has 15 heavy (non-hydrogen) atoms. The highest BCUT2D eigenvalue weighted by molar-refractivity contribution is 7.10. The highest BCUT2D eigenvalue weighted by Crippen LogP contribution is 2.26. The van der Waals surface area contributed by atoms with Crippen molar-refractivity contribution >= 4 is 17.3 Å². The molecule has 1 rings (SSSR count). The molecule has 0 amide bonds. The first-order chi connectivity index (χ1) is 7.10. The number of hydrogen-bond acceptors (Lipinski definition) is 3. The zero-order chi connectivity index (χ0) is 11.3. The minimum Gasteiger partial charge on any atom is -0.354 e. The quantitative estimate of drug-likeness (QED) is 0.313. The first kappa shape index (κ1) is 12.0. The van der Waals surface area contributed by atoms with Crippen molar-refractivity contribution in [3.05, 3.63) is 22.4 Å². The van der Waals surface area contributed by atoms with E-state index < -0.39 is 0 Å². The number of hydrogen-bond donors (Lipinski definition) is 3. The van der Waals surface area contributed by atoms with Crippen LogP contribution < -0.4 is 16.6 Å². The van der Waals surface area contributed by atoms with E-state index >= 15 is 0 Å². The summed E-state index contributed by atoms with van der Waals surface area (Å²) in [5.74, 6) is 5.90. The molecule has 84 valence electrons. The molecule has 0 aromatic carbocycles. The SMILES string of the molecule is CN=C(NN)NCC(C)(C)c1cccs1. The lowest BCUT2D eigenvalue weighted by molar-refractivity contribution is 0.519. The number of nitrogens with zero attached hydrogens (tertiary/aromatic N) is 1. The molecule has 0 aliphatic carbocycles. The Morgan fingerprint density at radius 1 is 1.60 bits per heavy atom. The Hall–Kier alpha value is -1.07. The minimum absolute atomic E-state index is 0.0843. The molecule has 0 aliphatic rings. The van der Waals surface area contributed by atoms with Crippen LogP contribution in [0.4, 0.5) is 0 Å². The first-order valence-electron chi connectivity index (χ1n) is 4.81. The fourth-order valence-corrected chi connectivity index (χ4v) is 2.10. The van der Waals surface area contributed by atoms with Crippen molar-refractivity contribution in [2.24, 2.45) is 10.8 Å². The smallest absolute Gasteiger partial charge is 0.205 e. The van der Waals surface area contributed by atoms with Crippen LogP contribution in [0.1, 0.15) is 18.7 Å². The van der Waals surface area contributed by atoms with Crippen LogP contribution in [-0.2, 0) is 5.41 Å². The lowest BCUT2D eigenvalue weighted by atomic mass is 9.91. The van der Waals surface area contributed by atoms with Crippen LogP contribution in [0.5, 0.6) is 0 Å². The second kappa shape index (κ2) is 5.14. The van der Waals surface area contributed by atoms with Crippen LogP contribution in [0.3, 0.4) is 0 Å². The first-order valence-corrected chi connectivity index (χ1v) is 5.69. The molecule has 0 atom stereocenters. The predicted molar refractivity (Wildman–Crippen MR) is 66.0 cm³/mol. The Kier molecular flexibility index (Phi) is 4.11. The van der Waals surface area contributed by atoms with Gasteiger partial charge in [-0.3, -0.25) is 10.4 Å². The third-order valence-corrected chi connectivity index (χ3v) is 3.48. The molecule has 0 spiro atoms. The van der Waals surface area contributed by atoms with Gasteiger partial charge in [-0.2, -0.15) is 0 Å². The van der Waals surface area contributed by atoms with Gasteiger partial charge in [-0.1, -0.05) is 19.9 Å². The van der Waals surface area contributed by atoms with E-state index in [4.69, 9.17) is 5.84 Å². The lowest BCUT2D eigenvalue weighted by Crippen LogP contribution is -2.45. The topological polar surface area (TPSA) is 62.4 Å². The summed E-state index contributed by atoms with van der Waals surface area (Å²) in [5, 5.41) is 5.26. The van der Waals surface area contributed by atoms with Crippen molar-refractivity contribution in [2.45, 2.75) is 19.3 Å². The van der Waals surface area contributed by atoms with Gasteiger partial charge >= 0.3 is 0 Å². The van der Waals surface area contributed by atoms with Crippen molar-refractivity contribution in [3.63, 3.8) is 0 Å². The molecule has 0 aliphatic heterocycles. The van der Waals surface area contributed by atoms with Gasteiger partial charge in [0.05, 0.1) is 0 Å². The molecule has 0 bridgehead atoms. The van der Waals surface area contributed by atoms with Crippen LogP contribution in [-0.4, -0.2) is 19.6 Å². The molecule has 0 saturated carbocycles. The molecule has 1 aromatic rings. The molecule has 4 nitrogen and oxygen atoms in total. The molecule has 0 radical (unpaired) electrons. The Morgan fingerprint density at radius 3 is 2.80 bits per heavy atom. The van der Waals surface area contributed by atoms with Crippen LogP contribution in [0.25, 0.3) is 0 Å². The summed E-state index contributed by atoms with van der Waals surface area (Å²) in [6.07, 6.45) is 0. The highest BCUT2D eigenvalue weighted by Gasteiger charge is 2.21. The Bertz CT molecular complexity index is 316. The minimum atomic E-state index is 0.0843. The summed E-state index contributed by atoms with van der Waals surface area (Å²) in [7, 11) is 1.69. The van der Waals surface area contributed by atoms with Gasteiger partial charge < -0.3 is 5.32 Å². The zero-order valence-electron chi connectivity index (χ0n) is 9.37. The normalized spacial score (nSPS) is 12.7. The average Bonchev–Trinajstić information content (AvgIpc) is 2.72. The van der Waals surface area contributed by atoms with Gasteiger partial charge in [-0.05, 0) is 11.4 Å². The van der Waals surface area contributed by atoms with Gasteiger partial charge in [0.25, 0.3) is 0 Å². The van der Waals surface area contributed by atoms with Crippen LogP contribution in [0.2, 0.25) is 0 Å². The molecule has 0 unspecified atom stereocenters. The third-order valence-electron chi connectivity index (χ3n) is 2.25. The van der Waals surface area contributed by atoms with Gasteiger partial charge in [0, 0.05) is 23.9 Å². The molecule has 5 heteroatoms. The maximum Gasteiger partial charge on any atom is 0.205 e. The van der Waals surface area contributed by atoms with Gasteiger partial charge in [-0.15, -0.1) is 11.3 Å². The second-order valence-electron chi connectivity index (χ2n) is 3.93. The Morgan fingerprint density at radius 2 is 2.33 bits per heavy atom. The van der Waals surface area contributed by atoms with Crippen molar-refractivity contribution < 1.29 is 0 Å². The summed E-state index contributed by atoms with van der Waals surface area (Å²) in [5.41, 5.74) is 2.60. The maximum absolute atomic E-state index is 5.29. The number of rotatable bonds is 3. The molecular weight excluding hydrogens is 208 g/mol. The number of guanidine groups is 1. The van der Waals surface area contributed by atoms with Crippen LogP contribution in [0.15, 0.2) is 22.5 Å². The average molecular weight is 226 g/mol. The van der Waals surface area contributed by atoms with Crippen molar-refractivity contribution in [1.29, 1.82) is 0 Å². The van der Waals surface area contributed by atoms with Gasteiger partial charge in [-0.25, -0.2) is 5.84 Å². The van der Waals surface area contributed by atoms with Crippen molar-refractivity contribution in [1.82, 2.24) is 10.7 Å². The molecule has 4 N–H and O–H groups in total. The van der Waals surface area contributed by atoms with E-state index in [-0.39, 0.29) is 5.41 Å². The van der Waals surface area contributed by atoms with Crippen LogP contribution in [0, 0.1) is 0 Å². The van der Waals surface area contributed by atoms with E-state index in [2.05, 4.69) is 47.1 Å². The van der Waals surface area contributed by atoms with Gasteiger partial charge in [0.1, 0.15) is 0 Å². The molecule has 1 heterocycles. The van der Waals surface area contributed by atoms with E-state index in [1.54, 1.807) is 18.4 Å². The Balaban J connectivity index is 2.58. The molecule has 0 saturated heterocycles.